The lowest BCUT2D eigenvalue weighted by molar-refractivity contribution is -0.111. The highest BCUT2D eigenvalue weighted by molar-refractivity contribution is 6.02. The van der Waals surface area contributed by atoms with Crippen LogP contribution in [0.1, 0.15) is 16.9 Å². The van der Waals surface area contributed by atoms with Crippen LogP contribution in [0.2, 0.25) is 0 Å². The maximum Gasteiger partial charge on any atom is 0.248 e. The van der Waals surface area contributed by atoms with Crippen molar-refractivity contribution < 1.29 is 9.21 Å². The quantitative estimate of drug-likeness (QED) is 0.835. The molecule has 0 radical (unpaired) electrons. The number of furan rings is 1. The Hall–Kier alpha value is -2.29. The fourth-order valence-corrected chi connectivity index (χ4v) is 1.60. The summed E-state index contributed by atoms with van der Waals surface area (Å²) in [5.41, 5.74) is 3.07. The third-order valence-electron chi connectivity index (χ3n) is 2.80. The molecule has 3 heteroatoms. The van der Waals surface area contributed by atoms with Crippen LogP contribution in [0.15, 0.2) is 47.1 Å². The smallest absolute Gasteiger partial charge is 0.248 e. The molecule has 0 unspecified atom stereocenters. The van der Waals surface area contributed by atoms with Gasteiger partial charge in [-0.05, 0) is 49.2 Å². The maximum absolute atomic E-state index is 11.7. The third kappa shape index (κ3) is 2.88. The van der Waals surface area contributed by atoms with Gasteiger partial charge in [0.1, 0.15) is 5.76 Å². The Kier molecular flexibility index (Phi) is 3.63. The Labute approximate surface area is 106 Å². The molecule has 0 bridgehead atoms. The van der Waals surface area contributed by atoms with E-state index in [-0.39, 0.29) is 5.91 Å². The molecule has 1 heterocycles. The highest BCUT2D eigenvalue weighted by Gasteiger charge is 2.03. The Balaban J connectivity index is 2.05. The van der Waals surface area contributed by atoms with E-state index in [1.807, 2.05) is 32.0 Å². The zero-order chi connectivity index (χ0) is 13.0. The highest BCUT2D eigenvalue weighted by Crippen LogP contribution is 2.17. The lowest BCUT2D eigenvalue weighted by Crippen LogP contribution is -2.09. The number of amides is 1. The SMILES string of the molecule is Cc1cccc(NC(=O)C=Cc2ccco2)c1C. The first kappa shape index (κ1) is 12.2. The molecule has 0 spiro atoms. The number of hydrogen-bond acceptors (Lipinski definition) is 2. The van der Waals surface area contributed by atoms with Crippen molar-refractivity contribution in [3.8, 4) is 0 Å². The Morgan fingerprint density at radius 3 is 2.78 bits per heavy atom. The zero-order valence-corrected chi connectivity index (χ0v) is 10.4. The van der Waals surface area contributed by atoms with Gasteiger partial charge in [0.05, 0.1) is 6.26 Å². The molecule has 1 N–H and O–H groups in total. The van der Waals surface area contributed by atoms with Crippen molar-refractivity contribution in [3.05, 3.63) is 59.6 Å². The van der Waals surface area contributed by atoms with E-state index in [0.717, 1.165) is 16.8 Å². The van der Waals surface area contributed by atoms with Crippen LogP contribution < -0.4 is 5.32 Å². The van der Waals surface area contributed by atoms with E-state index in [1.54, 1.807) is 24.5 Å². The first-order chi connectivity index (χ1) is 8.66. The van der Waals surface area contributed by atoms with Gasteiger partial charge in [0.15, 0.2) is 0 Å². The molecule has 0 aliphatic rings. The highest BCUT2D eigenvalue weighted by atomic mass is 16.3. The van der Waals surface area contributed by atoms with Gasteiger partial charge < -0.3 is 9.73 Å². The maximum atomic E-state index is 11.7. The summed E-state index contributed by atoms with van der Waals surface area (Å²) in [5.74, 6) is 0.492. The minimum atomic E-state index is -0.167. The van der Waals surface area contributed by atoms with E-state index >= 15 is 0 Å². The molecule has 0 aliphatic heterocycles. The van der Waals surface area contributed by atoms with Crippen molar-refractivity contribution in [2.24, 2.45) is 0 Å². The van der Waals surface area contributed by atoms with E-state index in [4.69, 9.17) is 4.42 Å². The third-order valence-corrected chi connectivity index (χ3v) is 2.80. The second-order valence-corrected chi connectivity index (χ2v) is 4.09. The van der Waals surface area contributed by atoms with Crippen molar-refractivity contribution in [1.82, 2.24) is 0 Å². The summed E-state index contributed by atoms with van der Waals surface area (Å²) in [6.45, 7) is 4.00. The number of benzene rings is 1. The van der Waals surface area contributed by atoms with Gasteiger partial charge in [-0.2, -0.15) is 0 Å². The number of carbonyl (C=O) groups excluding carboxylic acids is 1. The average Bonchev–Trinajstić information content (AvgIpc) is 2.86. The number of aryl methyl sites for hydroxylation is 1. The predicted molar refractivity (Wildman–Crippen MR) is 72.3 cm³/mol. The van der Waals surface area contributed by atoms with E-state index in [0.29, 0.717) is 5.76 Å². The van der Waals surface area contributed by atoms with Crippen LogP contribution in [0.4, 0.5) is 5.69 Å². The summed E-state index contributed by atoms with van der Waals surface area (Å²) in [4.78, 5) is 11.7. The molecule has 1 amide bonds. The van der Waals surface area contributed by atoms with Gasteiger partial charge >= 0.3 is 0 Å². The summed E-state index contributed by atoms with van der Waals surface area (Å²) in [7, 11) is 0. The van der Waals surface area contributed by atoms with Crippen molar-refractivity contribution >= 4 is 17.7 Å². The summed E-state index contributed by atoms with van der Waals surface area (Å²) in [6, 6.07) is 9.41. The van der Waals surface area contributed by atoms with Crippen LogP contribution in [0.25, 0.3) is 6.08 Å². The Morgan fingerprint density at radius 2 is 2.06 bits per heavy atom. The first-order valence-electron chi connectivity index (χ1n) is 5.75. The lowest BCUT2D eigenvalue weighted by atomic mass is 10.1. The summed E-state index contributed by atoms with van der Waals surface area (Å²) in [5, 5.41) is 2.85. The first-order valence-corrected chi connectivity index (χ1v) is 5.75. The second kappa shape index (κ2) is 5.36. The molecule has 0 aliphatic carbocycles. The van der Waals surface area contributed by atoms with E-state index in [9.17, 15) is 4.79 Å². The van der Waals surface area contributed by atoms with Crippen LogP contribution in [-0.2, 0) is 4.79 Å². The van der Waals surface area contributed by atoms with Crippen LogP contribution >= 0.6 is 0 Å². The predicted octanol–water partition coefficient (Wildman–Crippen LogP) is 3.55. The molecule has 2 aromatic rings. The molecule has 0 fully saturated rings. The minimum absolute atomic E-state index is 0.167. The molecule has 92 valence electrons. The van der Waals surface area contributed by atoms with Gasteiger partial charge in [-0.25, -0.2) is 0 Å². The fraction of sp³-hybridized carbons (Fsp3) is 0.133. The zero-order valence-electron chi connectivity index (χ0n) is 10.4. The Bertz CT molecular complexity index is 568. The summed E-state index contributed by atoms with van der Waals surface area (Å²) in [6.07, 6.45) is 4.67. The molecule has 3 nitrogen and oxygen atoms in total. The molecular weight excluding hydrogens is 226 g/mol. The number of nitrogens with one attached hydrogen (secondary N) is 1. The average molecular weight is 241 g/mol. The summed E-state index contributed by atoms with van der Waals surface area (Å²) < 4.78 is 5.11. The monoisotopic (exact) mass is 241 g/mol. The molecule has 1 aromatic carbocycles. The topological polar surface area (TPSA) is 42.2 Å². The molecule has 18 heavy (non-hydrogen) atoms. The van der Waals surface area contributed by atoms with Gasteiger partial charge in [-0.1, -0.05) is 12.1 Å². The van der Waals surface area contributed by atoms with E-state index in [2.05, 4.69) is 5.32 Å². The van der Waals surface area contributed by atoms with Crippen molar-refractivity contribution in [2.45, 2.75) is 13.8 Å². The van der Waals surface area contributed by atoms with Crippen LogP contribution in [0.5, 0.6) is 0 Å². The minimum Gasteiger partial charge on any atom is -0.465 e. The number of hydrogen-bond donors (Lipinski definition) is 1. The van der Waals surface area contributed by atoms with Crippen LogP contribution in [-0.4, -0.2) is 5.91 Å². The van der Waals surface area contributed by atoms with Crippen molar-refractivity contribution in [1.29, 1.82) is 0 Å². The number of carbonyl (C=O) groups is 1. The number of rotatable bonds is 3. The molecule has 0 saturated carbocycles. The van der Waals surface area contributed by atoms with Crippen LogP contribution in [0, 0.1) is 13.8 Å². The molecule has 0 atom stereocenters. The second-order valence-electron chi connectivity index (χ2n) is 4.09. The Morgan fingerprint density at radius 1 is 1.22 bits per heavy atom. The fourth-order valence-electron chi connectivity index (χ4n) is 1.60. The van der Waals surface area contributed by atoms with Gasteiger partial charge in [0.2, 0.25) is 5.91 Å². The van der Waals surface area contributed by atoms with E-state index in [1.165, 1.54) is 6.08 Å². The van der Waals surface area contributed by atoms with Gasteiger partial charge in [-0.3, -0.25) is 4.79 Å². The van der Waals surface area contributed by atoms with Gasteiger partial charge in [0, 0.05) is 11.8 Å². The number of anilines is 1. The van der Waals surface area contributed by atoms with E-state index < -0.39 is 0 Å². The van der Waals surface area contributed by atoms with Crippen molar-refractivity contribution in [3.63, 3.8) is 0 Å². The van der Waals surface area contributed by atoms with Gasteiger partial charge in [0.25, 0.3) is 0 Å². The summed E-state index contributed by atoms with van der Waals surface area (Å²) >= 11 is 0. The lowest BCUT2D eigenvalue weighted by Gasteiger charge is -2.08. The van der Waals surface area contributed by atoms with Crippen LogP contribution in [0.3, 0.4) is 0 Å². The molecular formula is C15H15NO2. The van der Waals surface area contributed by atoms with Gasteiger partial charge in [-0.15, -0.1) is 0 Å². The molecule has 2 rings (SSSR count). The van der Waals surface area contributed by atoms with Crippen molar-refractivity contribution in [2.75, 3.05) is 5.32 Å². The normalized spacial score (nSPS) is 10.8. The molecule has 0 saturated heterocycles. The largest absolute Gasteiger partial charge is 0.465 e. The standard InChI is InChI=1S/C15H15NO2/c1-11-5-3-7-14(12(11)2)16-15(17)9-8-13-6-4-10-18-13/h3-10H,1-2H3,(H,16,17). The molecule has 1 aromatic heterocycles.